The normalized spacial score (nSPS) is 51.7. The molecule has 0 bridgehead atoms. The first kappa shape index (κ1) is 18.9. The van der Waals surface area contributed by atoms with Gasteiger partial charge in [-0.25, -0.2) is 0 Å². The van der Waals surface area contributed by atoms with E-state index in [4.69, 9.17) is 19.3 Å². The summed E-state index contributed by atoms with van der Waals surface area (Å²) in [6.45, 7) is -1.35. The van der Waals surface area contributed by atoms with Gasteiger partial charge in [0.25, 0.3) is 0 Å². The molecule has 23 heavy (non-hydrogen) atoms. The zero-order chi connectivity index (χ0) is 17.3. The predicted molar refractivity (Wildman–Crippen MR) is 68.6 cm³/mol. The summed E-state index contributed by atoms with van der Waals surface area (Å²) in [5, 5.41) is 76.5. The lowest BCUT2D eigenvalue weighted by Gasteiger charge is -2.45. The van der Waals surface area contributed by atoms with Gasteiger partial charge in [-0.1, -0.05) is 0 Å². The standard InChI is InChI=1S/C12H22O11/c13-1-3-5(15)6(16)9(19)12(22-3)23-10-4(2-14)21-11(20)8(18)7(10)17/h3-20H,1-2H2/t3-,4-,5-,6+,7-,8-,9+,10+,11?,12+/m1/s1. The lowest BCUT2D eigenvalue weighted by atomic mass is 9.97. The summed E-state index contributed by atoms with van der Waals surface area (Å²) in [6, 6.07) is 0. The van der Waals surface area contributed by atoms with E-state index in [0.717, 1.165) is 0 Å². The van der Waals surface area contributed by atoms with Crippen molar-refractivity contribution in [2.45, 2.75) is 61.4 Å². The maximum Gasteiger partial charge on any atom is 0.187 e. The Labute approximate surface area is 130 Å². The van der Waals surface area contributed by atoms with Gasteiger partial charge in [-0.15, -0.1) is 0 Å². The molecule has 8 N–H and O–H groups in total. The molecule has 11 nitrogen and oxygen atoms in total. The van der Waals surface area contributed by atoms with Crippen LogP contribution in [0.15, 0.2) is 0 Å². The van der Waals surface area contributed by atoms with E-state index in [1.165, 1.54) is 0 Å². The molecule has 0 radical (unpaired) electrons. The van der Waals surface area contributed by atoms with Gasteiger partial charge >= 0.3 is 0 Å². The molecule has 0 spiro atoms. The highest BCUT2D eigenvalue weighted by molar-refractivity contribution is 4.93. The Balaban J connectivity index is 2.11. The third-order valence-electron chi connectivity index (χ3n) is 3.98. The number of hydrogen-bond donors (Lipinski definition) is 8. The summed E-state index contributed by atoms with van der Waals surface area (Å²) in [4.78, 5) is 0. The Morgan fingerprint density at radius 2 is 1.26 bits per heavy atom. The van der Waals surface area contributed by atoms with Gasteiger partial charge in [0.05, 0.1) is 13.2 Å². The van der Waals surface area contributed by atoms with E-state index in [-0.39, 0.29) is 0 Å². The summed E-state index contributed by atoms with van der Waals surface area (Å²) >= 11 is 0. The maximum absolute atomic E-state index is 9.94. The minimum absolute atomic E-state index is 0.667. The van der Waals surface area contributed by atoms with Crippen molar-refractivity contribution in [3.8, 4) is 0 Å². The summed E-state index contributed by atoms with van der Waals surface area (Å²) in [7, 11) is 0. The minimum Gasteiger partial charge on any atom is -0.394 e. The van der Waals surface area contributed by atoms with Crippen molar-refractivity contribution >= 4 is 0 Å². The minimum atomic E-state index is -1.74. The Bertz CT molecular complexity index is 378. The second kappa shape index (κ2) is 7.63. The third-order valence-corrected chi connectivity index (χ3v) is 3.98. The smallest absolute Gasteiger partial charge is 0.187 e. The molecule has 10 atom stereocenters. The lowest BCUT2D eigenvalue weighted by molar-refractivity contribution is -0.355. The number of hydrogen-bond acceptors (Lipinski definition) is 11. The molecule has 0 aromatic carbocycles. The summed E-state index contributed by atoms with van der Waals surface area (Å²) in [5.41, 5.74) is 0. The van der Waals surface area contributed by atoms with Crippen molar-refractivity contribution in [3.05, 3.63) is 0 Å². The molecule has 0 aromatic heterocycles. The molecule has 0 aromatic rings. The van der Waals surface area contributed by atoms with E-state index in [1.807, 2.05) is 0 Å². The third kappa shape index (κ3) is 3.65. The largest absolute Gasteiger partial charge is 0.394 e. The summed E-state index contributed by atoms with van der Waals surface area (Å²) in [5.74, 6) is 0. The molecular weight excluding hydrogens is 320 g/mol. The highest BCUT2D eigenvalue weighted by Gasteiger charge is 2.50. The highest BCUT2D eigenvalue weighted by Crippen LogP contribution is 2.28. The van der Waals surface area contributed by atoms with Gasteiger partial charge < -0.3 is 55.1 Å². The van der Waals surface area contributed by atoms with Crippen LogP contribution in [-0.4, -0.2) is 115 Å². The zero-order valence-electron chi connectivity index (χ0n) is 12.0. The van der Waals surface area contributed by atoms with E-state index < -0.39 is 74.6 Å². The van der Waals surface area contributed by atoms with Crippen LogP contribution in [0.25, 0.3) is 0 Å². The van der Waals surface area contributed by atoms with Gasteiger partial charge in [-0.05, 0) is 0 Å². The van der Waals surface area contributed by atoms with E-state index in [2.05, 4.69) is 0 Å². The number of ether oxygens (including phenoxy) is 3. The van der Waals surface area contributed by atoms with Crippen LogP contribution in [0.3, 0.4) is 0 Å². The molecule has 136 valence electrons. The van der Waals surface area contributed by atoms with Crippen molar-refractivity contribution < 1.29 is 55.1 Å². The summed E-state index contributed by atoms with van der Waals surface area (Å²) < 4.78 is 15.3. The van der Waals surface area contributed by atoms with E-state index in [1.54, 1.807) is 0 Å². The second-order valence-corrected chi connectivity index (χ2v) is 5.53. The topological polar surface area (TPSA) is 190 Å². The quantitative estimate of drug-likeness (QED) is 0.243. The fourth-order valence-electron chi connectivity index (χ4n) is 2.57. The van der Waals surface area contributed by atoms with Crippen molar-refractivity contribution in [2.24, 2.45) is 0 Å². The van der Waals surface area contributed by atoms with Crippen LogP contribution >= 0.6 is 0 Å². The Kier molecular flexibility index (Phi) is 6.27. The van der Waals surface area contributed by atoms with Crippen LogP contribution in [0.5, 0.6) is 0 Å². The molecule has 2 aliphatic heterocycles. The van der Waals surface area contributed by atoms with E-state index in [0.29, 0.717) is 0 Å². The van der Waals surface area contributed by atoms with Crippen LogP contribution in [0.1, 0.15) is 0 Å². The van der Waals surface area contributed by atoms with E-state index >= 15 is 0 Å². The van der Waals surface area contributed by atoms with Gasteiger partial charge in [0.2, 0.25) is 0 Å². The molecule has 0 saturated carbocycles. The average Bonchev–Trinajstić information content (AvgIpc) is 2.55. The Hall–Kier alpha value is -0.440. The van der Waals surface area contributed by atoms with Crippen molar-refractivity contribution in [3.63, 3.8) is 0 Å². The van der Waals surface area contributed by atoms with Gasteiger partial charge in [0.15, 0.2) is 12.6 Å². The second-order valence-electron chi connectivity index (χ2n) is 5.53. The highest BCUT2D eigenvalue weighted by atomic mass is 16.7. The van der Waals surface area contributed by atoms with Gasteiger partial charge in [0.1, 0.15) is 48.8 Å². The lowest BCUT2D eigenvalue weighted by Crippen LogP contribution is -2.64. The van der Waals surface area contributed by atoms with Gasteiger partial charge in [-0.3, -0.25) is 0 Å². The van der Waals surface area contributed by atoms with Crippen LogP contribution < -0.4 is 0 Å². The Morgan fingerprint density at radius 1 is 0.652 bits per heavy atom. The molecular formula is C12H22O11. The van der Waals surface area contributed by atoms with Crippen LogP contribution in [0.2, 0.25) is 0 Å². The van der Waals surface area contributed by atoms with E-state index in [9.17, 15) is 35.7 Å². The molecule has 2 saturated heterocycles. The molecule has 11 heteroatoms. The maximum atomic E-state index is 9.94. The fourth-order valence-corrected chi connectivity index (χ4v) is 2.57. The fraction of sp³-hybridized carbons (Fsp3) is 1.00. The number of aliphatic hydroxyl groups is 8. The molecule has 2 aliphatic rings. The molecule has 0 amide bonds. The predicted octanol–water partition coefficient (Wildman–Crippen LogP) is -5.40. The van der Waals surface area contributed by atoms with Gasteiger partial charge in [0, 0.05) is 0 Å². The SMILES string of the molecule is OC[C@H]1O[C@@H](O[C@@H]2[C@H](O)[C@@H](O)C(O)O[C@@H]2CO)[C@@H](O)[C@@H](O)[C@@H]1O. The molecule has 0 aliphatic carbocycles. The van der Waals surface area contributed by atoms with Gasteiger partial charge in [-0.2, -0.15) is 0 Å². The first-order valence-electron chi connectivity index (χ1n) is 7.08. The van der Waals surface area contributed by atoms with Crippen LogP contribution in [0, 0.1) is 0 Å². The number of aliphatic hydroxyl groups excluding tert-OH is 8. The molecule has 1 unspecified atom stereocenters. The first-order chi connectivity index (χ1) is 10.8. The zero-order valence-corrected chi connectivity index (χ0v) is 12.0. The van der Waals surface area contributed by atoms with Crippen LogP contribution in [-0.2, 0) is 14.2 Å². The summed E-state index contributed by atoms with van der Waals surface area (Å²) in [6.07, 6.45) is -15.6. The monoisotopic (exact) mass is 342 g/mol. The van der Waals surface area contributed by atoms with Crippen LogP contribution in [0.4, 0.5) is 0 Å². The number of rotatable bonds is 4. The van der Waals surface area contributed by atoms with Crippen molar-refractivity contribution in [2.75, 3.05) is 13.2 Å². The molecule has 2 heterocycles. The van der Waals surface area contributed by atoms with Crippen molar-refractivity contribution in [1.82, 2.24) is 0 Å². The molecule has 2 rings (SSSR count). The van der Waals surface area contributed by atoms with Crippen molar-refractivity contribution in [1.29, 1.82) is 0 Å². The molecule has 2 fully saturated rings. The Morgan fingerprint density at radius 3 is 1.83 bits per heavy atom. The first-order valence-corrected chi connectivity index (χ1v) is 7.08. The average molecular weight is 342 g/mol.